The van der Waals surface area contributed by atoms with Crippen LogP contribution in [-0.2, 0) is 14.3 Å². The molecule has 0 radical (unpaired) electrons. The Morgan fingerprint density at radius 2 is 1.83 bits per heavy atom. The lowest BCUT2D eigenvalue weighted by atomic mass is 10.3. The van der Waals surface area contributed by atoms with Gasteiger partial charge in [-0.25, -0.2) is 8.78 Å². The fourth-order valence-corrected chi connectivity index (χ4v) is 1.13. The summed E-state index contributed by atoms with van der Waals surface area (Å²) >= 11 is 0. The third-order valence-corrected chi connectivity index (χ3v) is 2.00. The molecule has 1 aromatic carbocycles. The van der Waals surface area contributed by atoms with Gasteiger partial charge in [0, 0.05) is 13.7 Å². The van der Waals surface area contributed by atoms with E-state index in [1.807, 2.05) is 5.32 Å². The molecule has 0 fully saturated rings. The number of para-hydroxylation sites is 1. The van der Waals surface area contributed by atoms with Crippen molar-refractivity contribution in [3.05, 3.63) is 29.8 Å². The minimum absolute atomic E-state index is 0.127. The minimum Gasteiger partial charge on any atom is -0.383 e. The first kappa shape index (κ1) is 14.0. The maximum absolute atomic E-state index is 13.2. The van der Waals surface area contributed by atoms with Gasteiger partial charge in [-0.15, -0.1) is 0 Å². The van der Waals surface area contributed by atoms with Crippen LogP contribution in [0.2, 0.25) is 0 Å². The standard InChI is InChI=1S/C11H12F2N2O3/c1-18-6-5-14-10(16)11(17)15-9-7(12)3-2-4-8(9)13/h2-4H,5-6H2,1H3,(H,14,16)(H,15,17). The molecule has 2 amide bonds. The van der Waals surface area contributed by atoms with E-state index >= 15 is 0 Å². The van der Waals surface area contributed by atoms with Crippen LogP contribution in [0.15, 0.2) is 18.2 Å². The molecular weight excluding hydrogens is 246 g/mol. The molecule has 0 heterocycles. The van der Waals surface area contributed by atoms with Crippen LogP contribution < -0.4 is 10.6 Å². The van der Waals surface area contributed by atoms with E-state index in [4.69, 9.17) is 0 Å². The number of methoxy groups -OCH3 is 1. The summed E-state index contributed by atoms with van der Waals surface area (Å²) in [6.07, 6.45) is 0. The second-order valence-electron chi connectivity index (χ2n) is 3.30. The lowest BCUT2D eigenvalue weighted by Gasteiger charge is -2.07. The van der Waals surface area contributed by atoms with Crippen molar-refractivity contribution in [1.82, 2.24) is 5.32 Å². The van der Waals surface area contributed by atoms with E-state index in [2.05, 4.69) is 10.1 Å². The minimum atomic E-state index is -1.14. The summed E-state index contributed by atoms with van der Waals surface area (Å²) < 4.78 is 31.0. The Labute approximate surface area is 102 Å². The zero-order chi connectivity index (χ0) is 13.5. The summed E-state index contributed by atoms with van der Waals surface area (Å²) in [6, 6.07) is 3.10. The molecule has 0 aliphatic heterocycles. The van der Waals surface area contributed by atoms with Crippen LogP contribution in [0, 0.1) is 11.6 Å². The predicted molar refractivity (Wildman–Crippen MR) is 59.9 cm³/mol. The molecule has 18 heavy (non-hydrogen) atoms. The number of amides is 2. The smallest absolute Gasteiger partial charge is 0.313 e. The first-order valence-electron chi connectivity index (χ1n) is 5.08. The lowest BCUT2D eigenvalue weighted by molar-refractivity contribution is -0.136. The maximum atomic E-state index is 13.2. The summed E-state index contributed by atoms with van der Waals surface area (Å²) in [5.74, 6) is -4.04. The van der Waals surface area contributed by atoms with Crippen molar-refractivity contribution in [2.75, 3.05) is 25.6 Å². The highest BCUT2D eigenvalue weighted by molar-refractivity contribution is 6.39. The quantitative estimate of drug-likeness (QED) is 0.616. The molecule has 0 aliphatic rings. The van der Waals surface area contributed by atoms with Crippen molar-refractivity contribution in [2.45, 2.75) is 0 Å². The number of rotatable bonds is 4. The summed E-state index contributed by atoms with van der Waals surface area (Å²) in [4.78, 5) is 22.5. The Bertz CT molecular complexity index is 432. The monoisotopic (exact) mass is 258 g/mol. The van der Waals surface area contributed by atoms with Crippen molar-refractivity contribution in [3.8, 4) is 0 Å². The normalized spacial score (nSPS) is 9.94. The topological polar surface area (TPSA) is 67.4 Å². The average Bonchev–Trinajstić information content (AvgIpc) is 2.34. The molecule has 0 unspecified atom stereocenters. The van der Waals surface area contributed by atoms with Crippen LogP contribution in [0.25, 0.3) is 0 Å². The van der Waals surface area contributed by atoms with Crippen molar-refractivity contribution < 1.29 is 23.1 Å². The first-order valence-corrected chi connectivity index (χ1v) is 5.08. The Morgan fingerprint density at radius 3 is 2.39 bits per heavy atom. The Balaban J connectivity index is 2.61. The van der Waals surface area contributed by atoms with Crippen LogP contribution in [0.5, 0.6) is 0 Å². The fraction of sp³-hybridized carbons (Fsp3) is 0.273. The van der Waals surface area contributed by atoms with E-state index in [0.717, 1.165) is 18.2 Å². The Morgan fingerprint density at radius 1 is 1.22 bits per heavy atom. The first-order chi connectivity index (χ1) is 8.56. The molecule has 0 saturated carbocycles. The molecule has 0 aromatic heterocycles. The van der Waals surface area contributed by atoms with Crippen molar-refractivity contribution >= 4 is 17.5 Å². The van der Waals surface area contributed by atoms with Gasteiger partial charge in [0.2, 0.25) is 0 Å². The van der Waals surface area contributed by atoms with E-state index in [0.29, 0.717) is 0 Å². The van der Waals surface area contributed by atoms with Gasteiger partial charge in [-0.3, -0.25) is 9.59 Å². The number of hydrogen-bond donors (Lipinski definition) is 2. The number of ether oxygens (including phenoxy) is 1. The van der Waals surface area contributed by atoms with E-state index in [1.54, 1.807) is 0 Å². The number of benzene rings is 1. The summed E-state index contributed by atoms with van der Waals surface area (Å²) in [5.41, 5.74) is -0.649. The van der Waals surface area contributed by atoms with Gasteiger partial charge in [0.25, 0.3) is 0 Å². The SMILES string of the molecule is COCCNC(=O)C(=O)Nc1c(F)cccc1F. The van der Waals surface area contributed by atoms with Gasteiger partial charge in [0.15, 0.2) is 0 Å². The molecule has 5 nitrogen and oxygen atoms in total. The third kappa shape index (κ3) is 3.77. The summed E-state index contributed by atoms with van der Waals surface area (Å²) in [5, 5.41) is 4.09. The largest absolute Gasteiger partial charge is 0.383 e. The van der Waals surface area contributed by atoms with E-state index in [1.165, 1.54) is 7.11 Å². The number of carbonyl (C=O) groups is 2. The molecule has 1 rings (SSSR count). The molecule has 98 valence electrons. The van der Waals surface area contributed by atoms with Crippen LogP contribution in [0.1, 0.15) is 0 Å². The molecular formula is C11H12F2N2O3. The van der Waals surface area contributed by atoms with Gasteiger partial charge in [0.05, 0.1) is 6.61 Å². The highest BCUT2D eigenvalue weighted by atomic mass is 19.1. The molecule has 0 aliphatic carbocycles. The van der Waals surface area contributed by atoms with Gasteiger partial charge < -0.3 is 15.4 Å². The summed E-state index contributed by atoms with van der Waals surface area (Å²) in [7, 11) is 1.43. The van der Waals surface area contributed by atoms with E-state index in [9.17, 15) is 18.4 Å². The second-order valence-corrected chi connectivity index (χ2v) is 3.30. The number of anilines is 1. The van der Waals surface area contributed by atoms with Crippen molar-refractivity contribution in [1.29, 1.82) is 0 Å². The van der Waals surface area contributed by atoms with Gasteiger partial charge >= 0.3 is 11.8 Å². The molecule has 0 bridgehead atoms. The molecule has 1 aromatic rings. The second kappa shape index (κ2) is 6.65. The highest BCUT2D eigenvalue weighted by Crippen LogP contribution is 2.17. The molecule has 7 heteroatoms. The zero-order valence-electron chi connectivity index (χ0n) is 9.63. The molecule has 0 saturated heterocycles. The van der Waals surface area contributed by atoms with Crippen LogP contribution >= 0.6 is 0 Å². The van der Waals surface area contributed by atoms with Crippen molar-refractivity contribution in [2.24, 2.45) is 0 Å². The fourth-order valence-electron chi connectivity index (χ4n) is 1.13. The molecule has 2 N–H and O–H groups in total. The van der Waals surface area contributed by atoms with Gasteiger partial charge in [-0.2, -0.15) is 0 Å². The highest BCUT2D eigenvalue weighted by Gasteiger charge is 2.17. The Kier molecular flexibility index (Phi) is 5.19. The van der Waals surface area contributed by atoms with Gasteiger partial charge in [-0.1, -0.05) is 6.07 Å². The van der Waals surface area contributed by atoms with Gasteiger partial charge in [-0.05, 0) is 12.1 Å². The van der Waals surface area contributed by atoms with E-state index in [-0.39, 0.29) is 13.2 Å². The predicted octanol–water partition coefficient (Wildman–Crippen LogP) is 0.666. The maximum Gasteiger partial charge on any atom is 0.313 e. The van der Waals surface area contributed by atoms with E-state index < -0.39 is 29.1 Å². The molecule has 0 spiro atoms. The number of nitrogens with one attached hydrogen (secondary N) is 2. The molecule has 0 atom stereocenters. The Hall–Kier alpha value is -2.02. The van der Waals surface area contributed by atoms with Crippen LogP contribution in [-0.4, -0.2) is 32.1 Å². The number of halogens is 2. The van der Waals surface area contributed by atoms with Gasteiger partial charge in [0.1, 0.15) is 17.3 Å². The number of carbonyl (C=O) groups excluding carboxylic acids is 2. The zero-order valence-corrected chi connectivity index (χ0v) is 9.63. The van der Waals surface area contributed by atoms with Crippen LogP contribution in [0.3, 0.4) is 0 Å². The lowest BCUT2D eigenvalue weighted by Crippen LogP contribution is -2.37. The number of hydrogen-bond acceptors (Lipinski definition) is 3. The summed E-state index contributed by atoms with van der Waals surface area (Å²) in [6.45, 7) is 0.357. The van der Waals surface area contributed by atoms with Crippen molar-refractivity contribution in [3.63, 3.8) is 0 Å². The van der Waals surface area contributed by atoms with Crippen LogP contribution in [0.4, 0.5) is 14.5 Å². The average molecular weight is 258 g/mol. The third-order valence-electron chi connectivity index (χ3n) is 2.00.